The number of dihydropyridines is 1. The summed E-state index contributed by atoms with van der Waals surface area (Å²) in [6, 6.07) is 8.17. The van der Waals surface area contributed by atoms with E-state index < -0.39 is 29.5 Å². The van der Waals surface area contributed by atoms with Gasteiger partial charge in [0.15, 0.2) is 0 Å². The molecule has 2 heterocycles. The number of benzene rings is 1. The van der Waals surface area contributed by atoms with Crippen molar-refractivity contribution in [2.45, 2.75) is 12.7 Å². The number of carbonyl (C=O) groups is 2. The van der Waals surface area contributed by atoms with Crippen LogP contribution in [-0.2, 0) is 22.3 Å². The van der Waals surface area contributed by atoms with E-state index in [1.807, 2.05) is 5.38 Å². The van der Waals surface area contributed by atoms with E-state index in [9.17, 15) is 22.8 Å². The third-order valence-corrected chi connectivity index (χ3v) is 5.00. The van der Waals surface area contributed by atoms with Gasteiger partial charge in [-0.15, -0.1) is 11.3 Å². The predicted molar refractivity (Wildman–Crippen MR) is 101 cm³/mol. The Hall–Kier alpha value is -2.94. The molecule has 146 valence electrons. The molecular weight excluding hydrogens is 391 g/mol. The summed E-state index contributed by atoms with van der Waals surface area (Å²) in [5, 5.41) is 1.82. The van der Waals surface area contributed by atoms with Gasteiger partial charge >= 0.3 is 6.18 Å². The summed E-state index contributed by atoms with van der Waals surface area (Å²) in [6.45, 7) is 0.128. The number of rotatable bonds is 5. The fraction of sp³-hybridized carbons (Fsp3) is 0.211. The van der Waals surface area contributed by atoms with E-state index in [2.05, 4.69) is 4.99 Å². The van der Waals surface area contributed by atoms with Gasteiger partial charge in [-0.05, 0) is 29.6 Å². The zero-order chi connectivity index (χ0) is 20.3. The van der Waals surface area contributed by atoms with E-state index in [4.69, 9.17) is 5.73 Å². The highest BCUT2D eigenvalue weighted by molar-refractivity contribution is 7.09. The summed E-state index contributed by atoms with van der Waals surface area (Å²) in [5.41, 5.74) is 4.74. The Balaban J connectivity index is 1.98. The summed E-state index contributed by atoms with van der Waals surface area (Å²) in [6.07, 6.45) is -1.77. The molecule has 1 unspecified atom stereocenters. The first-order chi connectivity index (χ1) is 13.3. The SMILES string of the molecule is NC(=O)C1C=NCC(C(=O)N(Cc2cccs2)c2cccc(C(F)(F)F)c2)=C1. The number of aliphatic imine (C=N–C) groups is 1. The number of primary amides is 1. The van der Waals surface area contributed by atoms with Crippen molar-refractivity contribution in [2.75, 3.05) is 11.4 Å². The van der Waals surface area contributed by atoms with Crippen LogP contribution in [0.25, 0.3) is 0 Å². The molecule has 0 saturated carbocycles. The Morgan fingerprint density at radius 3 is 2.68 bits per heavy atom. The zero-order valence-corrected chi connectivity index (χ0v) is 15.3. The molecule has 2 aromatic rings. The first-order valence-corrected chi connectivity index (χ1v) is 9.15. The van der Waals surface area contributed by atoms with Crippen molar-refractivity contribution < 1.29 is 22.8 Å². The molecule has 9 heteroatoms. The molecule has 0 spiro atoms. The van der Waals surface area contributed by atoms with Crippen LogP contribution in [0.15, 0.2) is 58.4 Å². The summed E-state index contributed by atoms with van der Waals surface area (Å²) in [5.74, 6) is -1.99. The second-order valence-corrected chi connectivity index (χ2v) is 7.16. The van der Waals surface area contributed by atoms with Crippen LogP contribution in [0.2, 0.25) is 0 Å². The van der Waals surface area contributed by atoms with Gasteiger partial charge in [-0.25, -0.2) is 0 Å². The third kappa shape index (κ3) is 4.48. The molecule has 1 atom stereocenters. The second kappa shape index (κ2) is 7.97. The lowest BCUT2D eigenvalue weighted by Gasteiger charge is -2.25. The van der Waals surface area contributed by atoms with E-state index >= 15 is 0 Å². The summed E-state index contributed by atoms with van der Waals surface area (Å²) >= 11 is 1.39. The average molecular weight is 407 g/mol. The topological polar surface area (TPSA) is 75.8 Å². The molecule has 5 nitrogen and oxygen atoms in total. The van der Waals surface area contributed by atoms with Crippen LogP contribution < -0.4 is 10.6 Å². The Morgan fingerprint density at radius 2 is 2.04 bits per heavy atom. The van der Waals surface area contributed by atoms with Crippen molar-refractivity contribution in [3.8, 4) is 0 Å². The highest BCUT2D eigenvalue weighted by Gasteiger charge is 2.32. The number of hydrogen-bond donors (Lipinski definition) is 1. The van der Waals surface area contributed by atoms with E-state index in [1.165, 1.54) is 40.7 Å². The molecule has 1 aromatic carbocycles. The molecule has 28 heavy (non-hydrogen) atoms. The average Bonchev–Trinajstić information content (AvgIpc) is 3.18. The van der Waals surface area contributed by atoms with E-state index in [-0.39, 0.29) is 24.4 Å². The number of alkyl halides is 3. The molecule has 0 radical (unpaired) electrons. The fourth-order valence-electron chi connectivity index (χ4n) is 2.73. The quantitative estimate of drug-likeness (QED) is 0.825. The van der Waals surface area contributed by atoms with Crippen LogP contribution in [0.3, 0.4) is 0 Å². The van der Waals surface area contributed by atoms with Gasteiger partial charge in [-0.1, -0.05) is 18.2 Å². The van der Waals surface area contributed by atoms with E-state index in [0.717, 1.165) is 17.0 Å². The van der Waals surface area contributed by atoms with Gasteiger partial charge in [0, 0.05) is 22.4 Å². The van der Waals surface area contributed by atoms with Crippen LogP contribution in [0.5, 0.6) is 0 Å². The maximum atomic E-state index is 13.1. The summed E-state index contributed by atoms with van der Waals surface area (Å²) in [4.78, 5) is 30.6. The summed E-state index contributed by atoms with van der Waals surface area (Å²) < 4.78 is 39.4. The molecule has 1 aliphatic heterocycles. The zero-order valence-electron chi connectivity index (χ0n) is 14.5. The normalized spacial score (nSPS) is 16.5. The van der Waals surface area contributed by atoms with Gasteiger partial charge in [0.2, 0.25) is 5.91 Å². The Labute approximate surface area is 163 Å². The first kappa shape index (κ1) is 19.8. The third-order valence-electron chi connectivity index (χ3n) is 4.14. The largest absolute Gasteiger partial charge is 0.416 e. The second-order valence-electron chi connectivity index (χ2n) is 6.13. The Morgan fingerprint density at radius 1 is 1.25 bits per heavy atom. The number of carbonyl (C=O) groups excluding carboxylic acids is 2. The lowest BCUT2D eigenvalue weighted by molar-refractivity contribution is -0.137. The van der Waals surface area contributed by atoms with Crippen LogP contribution >= 0.6 is 11.3 Å². The maximum absolute atomic E-state index is 13.1. The van der Waals surface area contributed by atoms with Crippen molar-refractivity contribution in [3.05, 3.63) is 63.9 Å². The summed E-state index contributed by atoms with van der Waals surface area (Å²) in [7, 11) is 0. The minimum absolute atomic E-state index is 0.0303. The van der Waals surface area contributed by atoms with Crippen molar-refractivity contribution in [3.63, 3.8) is 0 Å². The van der Waals surface area contributed by atoms with Crippen molar-refractivity contribution >= 4 is 35.1 Å². The smallest absolute Gasteiger partial charge is 0.369 e. The molecule has 0 fully saturated rings. The molecule has 0 saturated heterocycles. The fourth-order valence-corrected chi connectivity index (χ4v) is 3.43. The molecule has 3 rings (SSSR count). The van der Waals surface area contributed by atoms with Crippen LogP contribution in [0.1, 0.15) is 10.4 Å². The Kier molecular flexibility index (Phi) is 5.64. The highest BCUT2D eigenvalue weighted by atomic mass is 32.1. The number of anilines is 1. The van der Waals surface area contributed by atoms with Crippen LogP contribution in [0, 0.1) is 5.92 Å². The van der Waals surface area contributed by atoms with Crippen molar-refractivity contribution in [2.24, 2.45) is 16.6 Å². The minimum Gasteiger partial charge on any atom is -0.369 e. The minimum atomic E-state index is -4.53. The Bertz CT molecular complexity index is 936. The van der Waals surface area contributed by atoms with Gasteiger partial charge in [0.05, 0.1) is 24.6 Å². The standard InChI is InChI=1S/C19H16F3N3O2S/c20-19(21,22)14-3-1-4-15(8-14)25(11-16-5-2-6-28-16)18(27)13-7-12(17(23)26)9-24-10-13/h1-9,12H,10-11H2,(H2,23,26). The molecule has 2 amide bonds. The lowest BCUT2D eigenvalue weighted by Crippen LogP contribution is -2.35. The number of nitrogens with two attached hydrogens (primary N) is 1. The number of halogens is 3. The molecule has 0 aliphatic carbocycles. The first-order valence-electron chi connectivity index (χ1n) is 8.27. The molecule has 0 bridgehead atoms. The van der Waals surface area contributed by atoms with Crippen LogP contribution in [-0.4, -0.2) is 24.6 Å². The number of hydrogen-bond acceptors (Lipinski definition) is 4. The maximum Gasteiger partial charge on any atom is 0.416 e. The molecule has 1 aliphatic rings. The monoisotopic (exact) mass is 407 g/mol. The van der Waals surface area contributed by atoms with Gasteiger partial charge in [-0.3, -0.25) is 14.6 Å². The highest BCUT2D eigenvalue weighted by Crippen LogP contribution is 2.33. The van der Waals surface area contributed by atoms with Gasteiger partial charge in [-0.2, -0.15) is 13.2 Å². The molecule has 2 N–H and O–H groups in total. The van der Waals surface area contributed by atoms with Crippen LogP contribution in [0.4, 0.5) is 18.9 Å². The van der Waals surface area contributed by atoms with Crippen molar-refractivity contribution in [1.82, 2.24) is 0 Å². The lowest BCUT2D eigenvalue weighted by atomic mass is 10.0. The number of amides is 2. The molecule has 1 aromatic heterocycles. The van der Waals surface area contributed by atoms with Crippen molar-refractivity contribution in [1.29, 1.82) is 0 Å². The number of nitrogens with zero attached hydrogens (tertiary/aromatic N) is 2. The molecular formula is C19H16F3N3O2S. The van der Waals surface area contributed by atoms with Gasteiger partial charge in [0.25, 0.3) is 5.91 Å². The van der Waals surface area contributed by atoms with Gasteiger partial charge in [0.1, 0.15) is 0 Å². The van der Waals surface area contributed by atoms with E-state index in [0.29, 0.717) is 0 Å². The predicted octanol–water partition coefficient (Wildman–Crippen LogP) is 3.41. The number of thiophene rings is 1. The van der Waals surface area contributed by atoms with E-state index in [1.54, 1.807) is 12.1 Å². The van der Waals surface area contributed by atoms with Gasteiger partial charge < -0.3 is 10.6 Å².